The highest BCUT2D eigenvalue weighted by molar-refractivity contribution is 7.37. The monoisotopic (exact) mass is 388 g/mol. The van der Waals surface area contributed by atoms with Gasteiger partial charge in [-0.15, -0.1) is 20.9 Å². The third kappa shape index (κ3) is 23.9. The Hall–Kier alpha value is -0.0900. The van der Waals surface area contributed by atoms with Crippen LogP contribution in [-0.4, -0.2) is 31.1 Å². The molecule has 0 aliphatic heterocycles. The number of nitrogens with one attached hydrogen (secondary N) is 2. The topological polar surface area (TPSA) is 24.1 Å². The van der Waals surface area contributed by atoms with Crippen LogP contribution in [0, 0.1) is 24.2 Å². The Morgan fingerprint density at radius 3 is 1.69 bits per heavy atom. The van der Waals surface area contributed by atoms with E-state index in [1.807, 2.05) is 27.7 Å². The lowest BCUT2D eigenvalue weighted by molar-refractivity contribution is 0.191. The molecule has 1 rings (SSSR count). The zero-order valence-electron chi connectivity index (χ0n) is 20.3. The van der Waals surface area contributed by atoms with Gasteiger partial charge in [0.1, 0.15) is 0 Å². The maximum Gasteiger partial charge on any atom is 0.0266 e. The standard InChI is InChI=1S/C12H27N2P.C4H10.C3H4.2C2H6/c1-5-9(3)14-11-7-10(8-11)12(15-4)13-6-2;1-4(2)3;1-3-2;2*1-2/h9-15H,5-8H2,1-4H3;4H,1-3H3;1H,2H3;2*1-2H3. The van der Waals surface area contributed by atoms with Crippen LogP contribution in [0.25, 0.3) is 0 Å². The minimum atomic E-state index is 0.692. The fraction of sp³-hybridized carbons (Fsp3) is 0.913. The van der Waals surface area contributed by atoms with Gasteiger partial charge in [0.05, 0.1) is 0 Å². The predicted octanol–water partition coefficient (Wildman–Crippen LogP) is 6.75. The molecule has 3 unspecified atom stereocenters. The maximum atomic E-state index is 4.60. The van der Waals surface area contributed by atoms with Crippen molar-refractivity contribution in [3.05, 3.63) is 0 Å². The highest BCUT2D eigenvalue weighted by Gasteiger charge is 2.34. The van der Waals surface area contributed by atoms with E-state index in [2.05, 4.69) is 71.2 Å². The second kappa shape index (κ2) is 27.1. The van der Waals surface area contributed by atoms with E-state index in [1.165, 1.54) is 19.3 Å². The van der Waals surface area contributed by atoms with E-state index >= 15 is 0 Å². The molecule has 0 radical (unpaired) electrons. The lowest BCUT2D eigenvalue weighted by atomic mass is 9.79. The summed E-state index contributed by atoms with van der Waals surface area (Å²) in [5, 5.41) is 7.30. The summed E-state index contributed by atoms with van der Waals surface area (Å²) in [5.74, 6) is 4.79. The van der Waals surface area contributed by atoms with E-state index in [-0.39, 0.29) is 0 Å². The van der Waals surface area contributed by atoms with Crippen LogP contribution in [-0.2, 0) is 0 Å². The molecule has 1 saturated carbocycles. The van der Waals surface area contributed by atoms with Crippen LogP contribution in [0.15, 0.2) is 0 Å². The Labute approximate surface area is 170 Å². The summed E-state index contributed by atoms with van der Waals surface area (Å²) in [6, 6.07) is 1.49. The van der Waals surface area contributed by atoms with Crippen molar-refractivity contribution in [1.82, 2.24) is 10.6 Å². The third-order valence-corrected chi connectivity index (χ3v) is 4.81. The van der Waals surface area contributed by atoms with Gasteiger partial charge >= 0.3 is 0 Å². The first kappa shape index (κ1) is 33.5. The molecular formula is C23H53N2P. The van der Waals surface area contributed by atoms with Gasteiger partial charge in [0.2, 0.25) is 0 Å². The van der Waals surface area contributed by atoms with Crippen LogP contribution in [0.2, 0.25) is 0 Å². The van der Waals surface area contributed by atoms with Gasteiger partial charge in [-0.05, 0) is 58.2 Å². The molecule has 1 fully saturated rings. The summed E-state index contributed by atoms with van der Waals surface area (Å²) in [6.45, 7) is 26.3. The molecule has 0 heterocycles. The van der Waals surface area contributed by atoms with Crippen LogP contribution >= 0.6 is 8.58 Å². The molecule has 1 aliphatic carbocycles. The van der Waals surface area contributed by atoms with Gasteiger partial charge in [-0.25, -0.2) is 0 Å². The maximum absolute atomic E-state index is 4.60. The van der Waals surface area contributed by atoms with E-state index in [1.54, 1.807) is 6.92 Å². The van der Waals surface area contributed by atoms with Crippen LogP contribution in [0.5, 0.6) is 0 Å². The summed E-state index contributed by atoms with van der Waals surface area (Å²) < 4.78 is 0. The smallest absolute Gasteiger partial charge is 0.0266 e. The van der Waals surface area contributed by atoms with Gasteiger partial charge in [-0.2, -0.15) is 0 Å². The van der Waals surface area contributed by atoms with E-state index < -0.39 is 0 Å². The van der Waals surface area contributed by atoms with Crippen LogP contribution in [0.4, 0.5) is 0 Å². The Morgan fingerprint density at radius 2 is 1.42 bits per heavy atom. The van der Waals surface area contributed by atoms with E-state index in [0.717, 1.165) is 38.8 Å². The van der Waals surface area contributed by atoms with Crippen molar-refractivity contribution in [3.63, 3.8) is 0 Å². The van der Waals surface area contributed by atoms with E-state index in [4.69, 9.17) is 0 Å². The SMILES string of the molecule is C#CC.CC.CC.CC(C)C.CCNC(PC)C1CC(NC(C)CC)C1. The van der Waals surface area contributed by atoms with Gasteiger partial charge in [-0.1, -0.05) is 62.3 Å². The molecule has 3 atom stereocenters. The lowest BCUT2D eigenvalue weighted by Gasteiger charge is -2.42. The number of hydrogen-bond donors (Lipinski definition) is 2. The zero-order chi connectivity index (χ0) is 21.5. The Morgan fingerprint density at radius 1 is 1.04 bits per heavy atom. The molecule has 0 spiro atoms. The first-order chi connectivity index (χ1) is 12.4. The van der Waals surface area contributed by atoms with Crippen LogP contribution < -0.4 is 10.6 Å². The van der Waals surface area contributed by atoms with Crippen molar-refractivity contribution in [2.75, 3.05) is 13.2 Å². The van der Waals surface area contributed by atoms with Crippen molar-refractivity contribution in [1.29, 1.82) is 0 Å². The molecule has 0 aromatic carbocycles. The normalized spacial score (nSPS) is 19.7. The molecule has 1 aliphatic rings. The van der Waals surface area contributed by atoms with Crippen molar-refractivity contribution in [3.8, 4) is 12.3 Å². The van der Waals surface area contributed by atoms with E-state index in [0.29, 0.717) is 6.04 Å². The summed E-state index contributed by atoms with van der Waals surface area (Å²) in [6.07, 6.45) is 8.60. The average molecular weight is 389 g/mol. The number of rotatable bonds is 7. The molecule has 2 N–H and O–H groups in total. The van der Waals surface area contributed by atoms with Gasteiger partial charge in [0.25, 0.3) is 0 Å². The Bertz CT molecular complexity index is 265. The van der Waals surface area contributed by atoms with Gasteiger partial charge in [0, 0.05) is 17.9 Å². The molecule has 0 aromatic rings. The molecular weight excluding hydrogens is 335 g/mol. The minimum Gasteiger partial charge on any atom is -0.311 e. The summed E-state index contributed by atoms with van der Waals surface area (Å²) in [7, 11) is 1.04. The van der Waals surface area contributed by atoms with Gasteiger partial charge < -0.3 is 10.6 Å². The molecule has 0 amide bonds. The number of hydrogen-bond acceptors (Lipinski definition) is 2. The highest BCUT2D eigenvalue weighted by Crippen LogP contribution is 2.36. The van der Waals surface area contributed by atoms with Crippen LogP contribution in [0.1, 0.15) is 95.4 Å². The molecule has 26 heavy (non-hydrogen) atoms. The quantitative estimate of drug-likeness (QED) is 0.372. The second-order valence-electron chi connectivity index (χ2n) is 6.75. The van der Waals surface area contributed by atoms with Crippen molar-refractivity contribution in [2.24, 2.45) is 11.8 Å². The van der Waals surface area contributed by atoms with Gasteiger partial charge in [-0.3, -0.25) is 0 Å². The largest absolute Gasteiger partial charge is 0.311 e. The molecule has 0 saturated heterocycles. The second-order valence-corrected chi connectivity index (χ2v) is 7.95. The molecule has 0 bridgehead atoms. The first-order valence-corrected chi connectivity index (χ1v) is 12.5. The Balaban J connectivity index is -0.000000184. The Kier molecular flexibility index (Phi) is 34.9. The molecule has 2 nitrogen and oxygen atoms in total. The third-order valence-electron chi connectivity index (χ3n) is 3.51. The van der Waals surface area contributed by atoms with Crippen molar-refractivity contribution < 1.29 is 0 Å². The fourth-order valence-electron chi connectivity index (χ4n) is 2.31. The van der Waals surface area contributed by atoms with Crippen molar-refractivity contribution in [2.45, 2.75) is 113 Å². The summed E-state index contributed by atoms with van der Waals surface area (Å²) >= 11 is 0. The average Bonchev–Trinajstić information content (AvgIpc) is 2.59. The lowest BCUT2D eigenvalue weighted by Crippen LogP contribution is -2.50. The van der Waals surface area contributed by atoms with Crippen molar-refractivity contribution >= 4 is 8.58 Å². The molecule has 3 heteroatoms. The molecule has 0 aromatic heterocycles. The van der Waals surface area contributed by atoms with Gasteiger partial charge in [0.15, 0.2) is 0 Å². The zero-order valence-corrected chi connectivity index (χ0v) is 21.3. The van der Waals surface area contributed by atoms with Crippen LogP contribution in [0.3, 0.4) is 0 Å². The summed E-state index contributed by atoms with van der Waals surface area (Å²) in [4.78, 5) is 0. The minimum absolute atomic E-state index is 0.692. The number of terminal acetylenes is 1. The summed E-state index contributed by atoms with van der Waals surface area (Å²) in [5.41, 5.74) is 0. The fourth-order valence-corrected chi connectivity index (χ4v) is 3.47. The molecule has 160 valence electrons. The van der Waals surface area contributed by atoms with E-state index in [9.17, 15) is 0 Å². The predicted molar refractivity (Wildman–Crippen MR) is 129 cm³/mol. The first-order valence-electron chi connectivity index (χ1n) is 10.9. The highest BCUT2D eigenvalue weighted by atomic mass is 31.1.